The molecule has 0 heterocycles. The van der Waals surface area contributed by atoms with Gasteiger partial charge in [-0.05, 0) is 56.2 Å². The highest BCUT2D eigenvalue weighted by atomic mass is 16.2. The largest absolute Gasteiger partial charge is 0.322 e. The molecule has 0 aliphatic rings. The van der Waals surface area contributed by atoms with Crippen LogP contribution in [0.5, 0.6) is 0 Å². The smallest absolute Gasteiger partial charge is 0.279 e. The quantitative estimate of drug-likeness (QED) is 0.726. The third-order valence-corrected chi connectivity index (χ3v) is 4.16. The van der Waals surface area contributed by atoms with E-state index in [1.165, 1.54) is 0 Å². The minimum absolute atomic E-state index is 0.131. The predicted molar refractivity (Wildman–Crippen MR) is 106 cm³/mol. The van der Waals surface area contributed by atoms with Crippen molar-refractivity contribution in [1.29, 1.82) is 5.26 Å². The lowest BCUT2D eigenvalue weighted by Gasteiger charge is -2.16. The molecule has 2 amide bonds. The number of amides is 2. The molecule has 2 aromatic rings. The first-order valence-electron chi connectivity index (χ1n) is 8.77. The highest BCUT2D eigenvalue weighted by Crippen LogP contribution is 2.21. The van der Waals surface area contributed by atoms with E-state index in [1.807, 2.05) is 39.0 Å². The summed E-state index contributed by atoms with van der Waals surface area (Å²) in [7, 11) is 1.80. The number of benzene rings is 2. The molecule has 1 atom stereocenters. The van der Waals surface area contributed by atoms with Gasteiger partial charge in [-0.25, -0.2) is 0 Å². The average Bonchev–Trinajstić information content (AvgIpc) is 2.58. The molecule has 0 aliphatic carbocycles. The maximum atomic E-state index is 12.3. The summed E-state index contributed by atoms with van der Waals surface area (Å²) < 4.78 is 0. The van der Waals surface area contributed by atoms with Crippen molar-refractivity contribution in [3.63, 3.8) is 0 Å². The number of aryl methyl sites for hydroxylation is 3. The van der Waals surface area contributed by atoms with E-state index in [2.05, 4.69) is 10.6 Å². The van der Waals surface area contributed by atoms with Crippen molar-refractivity contribution in [3.8, 4) is 6.07 Å². The normalized spacial score (nSPS) is 11.4. The van der Waals surface area contributed by atoms with Crippen LogP contribution in [0.25, 0.3) is 0 Å². The molecule has 1 unspecified atom stereocenters. The van der Waals surface area contributed by atoms with Crippen LogP contribution in [-0.2, 0) is 9.59 Å². The molecular formula is C21H25N4O2+. The van der Waals surface area contributed by atoms with Gasteiger partial charge in [0.25, 0.3) is 11.8 Å². The third kappa shape index (κ3) is 5.94. The maximum Gasteiger partial charge on any atom is 0.279 e. The van der Waals surface area contributed by atoms with Gasteiger partial charge in [-0.3, -0.25) is 9.59 Å². The number of carbonyl (C=O) groups is 2. The summed E-state index contributed by atoms with van der Waals surface area (Å²) in [4.78, 5) is 25.2. The van der Waals surface area contributed by atoms with Crippen LogP contribution in [0.1, 0.15) is 22.3 Å². The van der Waals surface area contributed by atoms with E-state index in [-0.39, 0.29) is 24.9 Å². The van der Waals surface area contributed by atoms with Gasteiger partial charge in [0, 0.05) is 11.4 Å². The number of anilines is 2. The molecule has 0 fully saturated rings. The van der Waals surface area contributed by atoms with Crippen LogP contribution in [0.2, 0.25) is 0 Å². The molecule has 2 rings (SSSR count). The molecule has 2 aromatic carbocycles. The fourth-order valence-corrected chi connectivity index (χ4v) is 3.00. The summed E-state index contributed by atoms with van der Waals surface area (Å²) in [6.45, 7) is 6.32. The number of hydrogen-bond acceptors (Lipinski definition) is 3. The zero-order valence-corrected chi connectivity index (χ0v) is 16.1. The van der Waals surface area contributed by atoms with Gasteiger partial charge in [-0.15, -0.1) is 0 Å². The minimum atomic E-state index is -0.187. The Morgan fingerprint density at radius 2 is 1.48 bits per heavy atom. The Balaban J connectivity index is 1.87. The molecule has 27 heavy (non-hydrogen) atoms. The Morgan fingerprint density at radius 3 is 2.00 bits per heavy atom. The summed E-state index contributed by atoms with van der Waals surface area (Å²) in [5.74, 6) is -0.318. The Kier molecular flexibility index (Phi) is 6.69. The van der Waals surface area contributed by atoms with Gasteiger partial charge in [-0.2, -0.15) is 5.26 Å². The van der Waals surface area contributed by atoms with Crippen molar-refractivity contribution in [3.05, 3.63) is 58.7 Å². The first-order chi connectivity index (χ1) is 12.8. The second kappa shape index (κ2) is 8.97. The van der Waals surface area contributed by atoms with Crippen LogP contribution >= 0.6 is 0 Å². The molecular weight excluding hydrogens is 340 g/mol. The first-order valence-corrected chi connectivity index (χ1v) is 8.77. The summed E-state index contributed by atoms with van der Waals surface area (Å²) >= 11 is 0. The fraction of sp³-hybridized carbons (Fsp3) is 0.286. The standard InChI is InChI=1S/C21H24N4O2/c1-14-9-15(2)21(16(3)10-14)24-20(27)13-25(4)12-19(26)23-18-7-5-17(11-22)6-8-18/h5-10H,12-13H2,1-4H3,(H,23,26)(H,24,27)/p+1. The third-order valence-electron chi connectivity index (χ3n) is 4.16. The molecule has 0 bridgehead atoms. The molecule has 0 radical (unpaired) electrons. The van der Waals surface area contributed by atoms with E-state index < -0.39 is 0 Å². The molecule has 0 saturated carbocycles. The number of carbonyl (C=O) groups excluding carboxylic acids is 2. The monoisotopic (exact) mass is 365 g/mol. The average molecular weight is 365 g/mol. The van der Waals surface area contributed by atoms with E-state index in [9.17, 15) is 9.59 Å². The highest BCUT2D eigenvalue weighted by Gasteiger charge is 2.16. The zero-order valence-electron chi connectivity index (χ0n) is 16.1. The molecule has 0 saturated heterocycles. The Labute approximate surface area is 159 Å². The van der Waals surface area contributed by atoms with Crippen molar-refractivity contribution in [2.24, 2.45) is 0 Å². The lowest BCUT2D eigenvalue weighted by Crippen LogP contribution is -3.11. The van der Waals surface area contributed by atoms with E-state index in [4.69, 9.17) is 5.26 Å². The van der Waals surface area contributed by atoms with Crippen LogP contribution < -0.4 is 15.5 Å². The van der Waals surface area contributed by atoms with E-state index in [0.717, 1.165) is 27.3 Å². The number of rotatable bonds is 6. The van der Waals surface area contributed by atoms with Gasteiger partial charge in [0.1, 0.15) is 0 Å². The molecule has 6 heteroatoms. The Morgan fingerprint density at radius 1 is 0.963 bits per heavy atom. The van der Waals surface area contributed by atoms with Crippen molar-refractivity contribution in [1.82, 2.24) is 0 Å². The van der Waals surface area contributed by atoms with E-state index in [0.29, 0.717) is 11.3 Å². The van der Waals surface area contributed by atoms with Gasteiger partial charge >= 0.3 is 0 Å². The topological polar surface area (TPSA) is 86.4 Å². The number of nitrogens with one attached hydrogen (secondary N) is 3. The molecule has 6 nitrogen and oxygen atoms in total. The number of likely N-dealkylation sites (N-methyl/N-ethyl adjacent to an activating group) is 1. The second-order valence-corrected chi connectivity index (χ2v) is 6.87. The molecule has 0 spiro atoms. The Bertz CT molecular complexity index is 859. The Hall–Kier alpha value is -3.17. The molecule has 3 N–H and O–H groups in total. The zero-order chi connectivity index (χ0) is 20.0. The van der Waals surface area contributed by atoms with E-state index >= 15 is 0 Å². The summed E-state index contributed by atoms with van der Waals surface area (Å²) in [6.07, 6.45) is 0. The first kappa shape index (κ1) is 20.1. The highest BCUT2D eigenvalue weighted by molar-refractivity contribution is 5.94. The van der Waals surface area contributed by atoms with Gasteiger partial charge in [0.2, 0.25) is 0 Å². The lowest BCUT2D eigenvalue weighted by molar-refractivity contribution is -0.862. The van der Waals surface area contributed by atoms with Crippen LogP contribution in [0.15, 0.2) is 36.4 Å². The van der Waals surface area contributed by atoms with Gasteiger partial charge < -0.3 is 15.5 Å². The second-order valence-electron chi connectivity index (χ2n) is 6.87. The molecule has 0 aliphatic heterocycles. The molecule has 140 valence electrons. The van der Waals surface area contributed by atoms with Crippen LogP contribution in [0.4, 0.5) is 11.4 Å². The summed E-state index contributed by atoms with van der Waals surface area (Å²) in [5, 5.41) is 14.5. The van der Waals surface area contributed by atoms with Gasteiger partial charge in [0.15, 0.2) is 13.1 Å². The van der Waals surface area contributed by atoms with E-state index in [1.54, 1.807) is 31.3 Å². The number of quaternary nitrogens is 1. The lowest BCUT2D eigenvalue weighted by atomic mass is 10.1. The van der Waals surface area contributed by atoms with Crippen LogP contribution in [0.3, 0.4) is 0 Å². The maximum absolute atomic E-state index is 12.3. The van der Waals surface area contributed by atoms with Gasteiger partial charge in [0.05, 0.1) is 18.7 Å². The number of nitrogens with zero attached hydrogens (tertiary/aromatic N) is 1. The number of nitriles is 1. The van der Waals surface area contributed by atoms with Gasteiger partial charge in [-0.1, -0.05) is 17.7 Å². The summed E-state index contributed by atoms with van der Waals surface area (Å²) in [6, 6.07) is 12.7. The molecule has 0 aromatic heterocycles. The predicted octanol–water partition coefficient (Wildman–Crippen LogP) is 1.58. The van der Waals surface area contributed by atoms with Crippen molar-refractivity contribution >= 4 is 23.2 Å². The van der Waals surface area contributed by atoms with Crippen molar-refractivity contribution < 1.29 is 14.5 Å². The minimum Gasteiger partial charge on any atom is -0.322 e. The van der Waals surface area contributed by atoms with Crippen LogP contribution in [-0.4, -0.2) is 32.0 Å². The summed E-state index contributed by atoms with van der Waals surface area (Å²) in [5.41, 5.74) is 5.20. The van der Waals surface area contributed by atoms with Crippen molar-refractivity contribution in [2.45, 2.75) is 20.8 Å². The van der Waals surface area contributed by atoms with Crippen molar-refractivity contribution in [2.75, 3.05) is 30.8 Å². The number of hydrogen-bond donors (Lipinski definition) is 3. The van der Waals surface area contributed by atoms with Crippen LogP contribution in [0, 0.1) is 32.1 Å². The fourth-order valence-electron chi connectivity index (χ4n) is 3.00. The SMILES string of the molecule is Cc1cc(C)c(NC(=O)C[NH+](C)CC(=O)Nc2ccc(C#N)cc2)c(C)c1.